The predicted molar refractivity (Wildman–Crippen MR) is 62.5 cm³/mol. The third-order valence-electron chi connectivity index (χ3n) is 3.08. The molecule has 0 bridgehead atoms. The summed E-state index contributed by atoms with van der Waals surface area (Å²) in [5, 5.41) is 16.8. The SMILES string of the molecule is N#CC1CCCCC1NCc1ccsc1. The molecule has 2 nitrogen and oxygen atoms in total. The Morgan fingerprint density at radius 2 is 2.33 bits per heavy atom. The minimum atomic E-state index is 0.220. The smallest absolute Gasteiger partial charge is 0.0672 e. The van der Waals surface area contributed by atoms with Gasteiger partial charge in [0, 0.05) is 12.6 Å². The van der Waals surface area contributed by atoms with Gasteiger partial charge in [0.1, 0.15) is 0 Å². The molecule has 1 fully saturated rings. The fraction of sp³-hybridized carbons (Fsp3) is 0.583. The summed E-state index contributed by atoms with van der Waals surface area (Å²) >= 11 is 1.73. The molecule has 2 unspecified atom stereocenters. The normalized spacial score (nSPS) is 26.1. The number of nitriles is 1. The first-order chi connectivity index (χ1) is 7.40. The molecule has 0 spiro atoms. The van der Waals surface area contributed by atoms with Gasteiger partial charge < -0.3 is 5.32 Å². The summed E-state index contributed by atoms with van der Waals surface area (Å²) in [6.07, 6.45) is 4.70. The molecular weight excluding hydrogens is 204 g/mol. The summed E-state index contributed by atoms with van der Waals surface area (Å²) in [4.78, 5) is 0. The number of thiophene rings is 1. The van der Waals surface area contributed by atoms with Crippen LogP contribution in [0.4, 0.5) is 0 Å². The van der Waals surface area contributed by atoms with E-state index in [1.165, 1.54) is 18.4 Å². The second kappa shape index (κ2) is 5.29. The van der Waals surface area contributed by atoms with Crippen molar-refractivity contribution >= 4 is 11.3 Å². The van der Waals surface area contributed by atoms with E-state index in [1.807, 2.05) is 0 Å². The van der Waals surface area contributed by atoms with Crippen LogP contribution in [-0.4, -0.2) is 6.04 Å². The van der Waals surface area contributed by atoms with Crippen molar-refractivity contribution in [3.8, 4) is 6.07 Å². The molecule has 2 atom stereocenters. The zero-order valence-corrected chi connectivity index (χ0v) is 9.59. The van der Waals surface area contributed by atoms with E-state index in [9.17, 15) is 0 Å². The van der Waals surface area contributed by atoms with E-state index in [1.54, 1.807) is 11.3 Å². The molecule has 0 aromatic carbocycles. The fourth-order valence-electron chi connectivity index (χ4n) is 2.17. The Morgan fingerprint density at radius 3 is 3.07 bits per heavy atom. The second-order valence-electron chi connectivity index (χ2n) is 4.14. The highest BCUT2D eigenvalue weighted by Crippen LogP contribution is 2.24. The maximum atomic E-state index is 9.03. The minimum Gasteiger partial charge on any atom is -0.309 e. The highest BCUT2D eigenvalue weighted by Gasteiger charge is 2.23. The lowest BCUT2D eigenvalue weighted by Crippen LogP contribution is -2.37. The van der Waals surface area contributed by atoms with Gasteiger partial charge in [-0.15, -0.1) is 0 Å². The van der Waals surface area contributed by atoms with Crippen LogP contribution in [0.1, 0.15) is 31.2 Å². The molecule has 1 N–H and O–H groups in total. The summed E-state index contributed by atoms with van der Waals surface area (Å²) < 4.78 is 0. The van der Waals surface area contributed by atoms with Crippen molar-refractivity contribution in [3.05, 3.63) is 22.4 Å². The summed E-state index contributed by atoms with van der Waals surface area (Å²) in [7, 11) is 0. The van der Waals surface area contributed by atoms with Gasteiger partial charge in [-0.25, -0.2) is 0 Å². The Kier molecular flexibility index (Phi) is 3.76. The molecule has 1 saturated carbocycles. The summed E-state index contributed by atoms with van der Waals surface area (Å²) in [5.41, 5.74) is 1.34. The number of nitrogens with zero attached hydrogens (tertiary/aromatic N) is 1. The van der Waals surface area contributed by atoms with Crippen LogP contribution < -0.4 is 5.32 Å². The maximum absolute atomic E-state index is 9.03. The van der Waals surface area contributed by atoms with E-state index in [2.05, 4.69) is 28.2 Å². The monoisotopic (exact) mass is 220 g/mol. The molecule has 0 saturated heterocycles. The van der Waals surface area contributed by atoms with Gasteiger partial charge in [0.25, 0.3) is 0 Å². The van der Waals surface area contributed by atoms with Crippen molar-refractivity contribution in [2.24, 2.45) is 5.92 Å². The number of nitrogens with one attached hydrogen (secondary N) is 1. The molecule has 1 aromatic rings. The van der Waals surface area contributed by atoms with Crippen molar-refractivity contribution in [2.45, 2.75) is 38.3 Å². The topological polar surface area (TPSA) is 35.8 Å². The zero-order valence-electron chi connectivity index (χ0n) is 8.78. The minimum absolute atomic E-state index is 0.220. The molecule has 1 heterocycles. The van der Waals surface area contributed by atoms with Crippen molar-refractivity contribution in [3.63, 3.8) is 0 Å². The van der Waals surface area contributed by atoms with Crippen molar-refractivity contribution in [1.82, 2.24) is 5.32 Å². The largest absolute Gasteiger partial charge is 0.309 e. The highest BCUT2D eigenvalue weighted by molar-refractivity contribution is 7.07. The van der Waals surface area contributed by atoms with Crippen LogP contribution in [0.25, 0.3) is 0 Å². The van der Waals surface area contributed by atoms with Gasteiger partial charge >= 0.3 is 0 Å². The molecule has 0 amide bonds. The molecule has 15 heavy (non-hydrogen) atoms. The molecular formula is C12H16N2S. The Labute approximate surface area is 94.9 Å². The van der Waals surface area contributed by atoms with E-state index >= 15 is 0 Å². The van der Waals surface area contributed by atoms with E-state index in [-0.39, 0.29) is 5.92 Å². The third kappa shape index (κ3) is 2.80. The van der Waals surface area contributed by atoms with E-state index in [0.717, 1.165) is 19.4 Å². The van der Waals surface area contributed by atoms with Gasteiger partial charge in [0.2, 0.25) is 0 Å². The average molecular weight is 220 g/mol. The Balaban J connectivity index is 1.85. The van der Waals surface area contributed by atoms with Crippen LogP contribution >= 0.6 is 11.3 Å². The van der Waals surface area contributed by atoms with Gasteiger partial charge in [-0.05, 0) is 35.2 Å². The van der Waals surface area contributed by atoms with Crippen LogP contribution in [-0.2, 0) is 6.54 Å². The molecule has 80 valence electrons. The van der Waals surface area contributed by atoms with Crippen molar-refractivity contribution in [1.29, 1.82) is 5.26 Å². The molecule has 1 aliphatic rings. The van der Waals surface area contributed by atoms with E-state index < -0.39 is 0 Å². The number of rotatable bonds is 3. The fourth-order valence-corrected chi connectivity index (χ4v) is 2.84. The third-order valence-corrected chi connectivity index (χ3v) is 3.81. The Hall–Kier alpha value is -0.850. The first-order valence-electron chi connectivity index (χ1n) is 5.54. The highest BCUT2D eigenvalue weighted by atomic mass is 32.1. The van der Waals surface area contributed by atoms with Gasteiger partial charge in [-0.3, -0.25) is 0 Å². The summed E-state index contributed by atoms with van der Waals surface area (Å²) in [5.74, 6) is 0.220. The van der Waals surface area contributed by atoms with Crippen LogP contribution in [0.2, 0.25) is 0 Å². The predicted octanol–water partition coefficient (Wildman–Crippen LogP) is 2.92. The standard InChI is InChI=1S/C12H16N2S/c13-7-11-3-1-2-4-12(11)14-8-10-5-6-15-9-10/h5-6,9,11-12,14H,1-4,8H2. The van der Waals surface area contributed by atoms with E-state index in [4.69, 9.17) is 5.26 Å². The van der Waals surface area contributed by atoms with Gasteiger partial charge in [-0.2, -0.15) is 16.6 Å². The van der Waals surface area contributed by atoms with Crippen LogP contribution in [0, 0.1) is 17.2 Å². The van der Waals surface area contributed by atoms with Crippen molar-refractivity contribution < 1.29 is 0 Å². The van der Waals surface area contributed by atoms with Crippen LogP contribution in [0.3, 0.4) is 0 Å². The maximum Gasteiger partial charge on any atom is 0.0672 e. The number of hydrogen-bond donors (Lipinski definition) is 1. The molecule has 1 aromatic heterocycles. The quantitative estimate of drug-likeness (QED) is 0.850. The first-order valence-corrected chi connectivity index (χ1v) is 6.48. The van der Waals surface area contributed by atoms with Gasteiger partial charge in [0.05, 0.1) is 12.0 Å². The lowest BCUT2D eigenvalue weighted by molar-refractivity contribution is 0.311. The molecule has 0 radical (unpaired) electrons. The lowest BCUT2D eigenvalue weighted by Gasteiger charge is -2.27. The molecule has 1 aliphatic carbocycles. The van der Waals surface area contributed by atoms with Crippen LogP contribution in [0.15, 0.2) is 16.8 Å². The summed E-state index contributed by atoms with van der Waals surface area (Å²) in [6.45, 7) is 0.909. The molecule has 0 aliphatic heterocycles. The van der Waals surface area contributed by atoms with Gasteiger partial charge in [0.15, 0.2) is 0 Å². The first kappa shape index (κ1) is 10.7. The average Bonchev–Trinajstić information content (AvgIpc) is 2.79. The Bertz CT molecular complexity index is 326. The molecule has 3 heteroatoms. The van der Waals surface area contributed by atoms with E-state index in [0.29, 0.717) is 6.04 Å². The summed E-state index contributed by atoms with van der Waals surface area (Å²) in [6, 6.07) is 4.97. The second-order valence-corrected chi connectivity index (χ2v) is 4.92. The molecule has 2 rings (SSSR count). The lowest BCUT2D eigenvalue weighted by atomic mass is 9.85. The Morgan fingerprint density at radius 1 is 1.47 bits per heavy atom. The zero-order chi connectivity index (χ0) is 10.5. The number of hydrogen-bond acceptors (Lipinski definition) is 3. The van der Waals surface area contributed by atoms with Crippen molar-refractivity contribution in [2.75, 3.05) is 0 Å². The van der Waals surface area contributed by atoms with Crippen LogP contribution in [0.5, 0.6) is 0 Å². The van der Waals surface area contributed by atoms with Gasteiger partial charge in [-0.1, -0.05) is 12.8 Å².